The zero-order valence-corrected chi connectivity index (χ0v) is 8.83. The second-order valence-electron chi connectivity index (χ2n) is 3.29. The van der Waals surface area contributed by atoms with Crippen molar-refractivity contribution >= 4 is 11.6 Å². The minimum Gasteiger partial charge on any atom is -0.373 e. The maximum Gasteiger partial charge on any atom is 0.131 e. The van der Waals surface area contributed by atoms with Crippen molar-refractivity contribution in [3.8, 4) is 0 Å². The normalized spacial score (nSPS) is 12.3. The Morgan fingerprint density at radius 1 is 1.43 bits per heavy atom. The van der Waals surface area contributed by atoms with Gasteiger partial charge in [0.2, 0.25) is 0 Å². The van der Waals surface area contributed by atoms with Crippen molar-refractivity contribution in [1.29, 1.82) is 0 Å². The predicted molar refractivity (Wildman–Crippen MR) is 58.5 cm³/mol. The van der Waals surface area contributed by atoms with Gasteiger partial charge in [0.15, 0.2) is 0 Å². The Labute approximate surface area is 84.1 Å². The molecule has 1 rings (SSSR count). The van der Waals surface area contributed by atoms with Crippen molar-refractivity contribution in [3.63, 3.8) is 0 Å². The maximum atomic E-state index is 5.63. The van der Waals surface area contributed by atoms with E-state index in [-0.39, 0.29) is 6.04 Å². The van der Waals surface area contributed by atoms with Gasteiger partial charge in [-0.3, -0.25) is 0 Å². The van der Waals surface area contributed by atoms with Gasteiger partial charge in [-0.2, -0.15) is 0 Å². The molecule has 0 aromatic carbocycles. The molecule has 78 valence electrons. The molecule has 5 nitrogen and oxygen atoms in total. The van der Waals surface area contributed by atoms with Gasteiger partial charge in [-0.05, 0) is 13.8 Å². The summed E-state index contributed by atoms with van der Waals surface area (Å²) in [6, 6.07) is 1.97. The molecule has 1 aromatic rings. The quantitative estimate of drug-likeness (QED) is 0.655. The van der Waals surface area contributed by atoms with E-state index in [1.54, 1.807) is 0 Å². The van der Waals surface area contributed by atoms with Crippen molar-refractivity contribution in [2.45, 2.75) is 19.9 Å². The van der Waals surface area contributed by atoms with Gasteiger partial charge in [-0.1, -0.05) is 0 Å². The molecule has 4 N–H and O–H groups in total. The van der Waals surface area contributed by atoms with Gasteiger partial charge >= 0.3 is 0 Å². The molecule has 5 heteroatoms. The average molecular weight is 195 g/mol. The number of nitrogens with two attached hydrogens (primary N) is 1. The zero-order valence-electron chi connectivity index (χ0n) is 8.83. The summed E-state index contributed by atoms with van der Waals surface area (Å²) in [6.07, 6.45) is 0. The fourth-order valence-electron chi connectivity index (χ4n) is 1.05. The number of nitrogens with one attached hydrogen (secondary N) is 2. The smallest absolute Gasteiger partial charge is 0.131 e. The summed E-state index contributed by atoms with van der Waals surface area (Å²) in [7, 11) is 1.83. The molecule has 0 saturated heterocycles. The number of nitrogens with zero attached hydrogens (tertiary/aromatic N) is 2. The summed E-state index contributed by atoms with van der Waals surface area (Å²) < 4.78 is 0. The van der Waals surface area contributed by atoms with Crippen LogP contribution in [0.25, 0.3) is 0 Å². The van der Waals surface area contributed by atoms with Crippen LogP contribution in [0.4, 0.5) is 11.6 Å². The molecule has 0 amide bonds. The summed E-state index contributed by atoms with van der Waals surface area (Å²) in [5, 5.41) is 6.12. The van der Waals surface area contributed by atoms with E-state index in [4.69, 9.17) is 5.73 Å². The van der Waals surface area contributed by atoms with Gasteiger partial charge in [0.25, 0.3) is 0 Å². The number of rotatable bonds is 4. The molecule has 0 spiro atoms. The third kappa shape index (κ3) is 3.18. The Morgan fingerprint density at radius 2 is 2.07 bits per heavy atom. The van der Waals surface area contributed by atoms with Crippen LogP contribution in [0.2, 0.25) is 0 Å². The van der Waals surface area contributed by atoms with Crippen LogP contribution in [0.5, 0.6) is 0 Å². The minimum absolute atomic E-state index is 0.114. The minimum atomic E-state index is 0.114. The van der Waals surface area contributed by atoms with Crippen molar-refractivity contribution in [3.05, 3.63) is 11.9 Å². The highest BCUT2D eigenvalue weighted by molar-refractivity contribution is 5.47. The van der Waals surface area contributed by atoms with E-state index in [9.17, 15) is 0 Å². The van der Waals surface area contributed by atoms with Gasteiger partial charge in [0.05, 0.1) is 0 Å². The molecule has 0 radical (unpaired) electrons. The first-order valence-corrected chi connectivity index (χ1v) is 4.64. The lowest BCUT2D eigenvalue weighted by Gasteiger charge is -2.09. The van der Waals surface area contributed by atoms with E-state index in [0.29, 0.717) is 6.54 Å². The topological polar surface area (TPSA) is 75.9 Å². The van der Waals surface area contributed by atoms with Crippen LogP contribution in [0, 0.1) is 6.92 Å². The number of hydrogen-bond donors (Lipinski definition) is 3. The Kier molecular flexibility index (Phi) is 3.64. The van der Waals surface area contributed by atoms with Crippen LogP contribution in [-0.2, 0) is 0 Å². The molecular weight excluding hydrogens is 178 g/mol. The van der Waals surface area contributed by atoms with Crippen molar-refractivity contribution in [2.75, 3.05) is 24.2 Å². The lowest BCUT2D eigenvalue weighted by molar-refractivity contribution is 0.776. The van der Waals surface area contributed by atoms with Crippen LogP contribution < -0.4 is 16.4 Å². The highest BCUT2D eigenvalue weighted by Gasteiger charge is 2.00. The molecule has 0 aliphatic rings. The molecule has 1 heterocycles. The predicted octanol–water partition coefficient (Wildman–Crippen LogP) is 0.586. The van der Waals surface area contributed by atoms with E-state index in [1.165, 1.54) is 0 Å². The zero-order chi connectivity index (χ0) is 10.6. The summed E-state index contributed by atoms with van der Waals surface area (Å²) in [5.74, 6) is 2.35. The average Bonchev–Trinajstić information content (AvgIpc) is 2.14. The fourth-order valence-corrected chi connectivity index (χ4v) is 1.05. The number of hydrogen-bond acceptors (Lipinski definition) is 5. The van der Waals surface area contributed by atoms with Gasteiger partial charge in [0, 0.05) is 25.7 Å². The van der Waals surface area contributed by atoms with E-state index >= 15 is 0 Å². The monoisotopic (exact) mass is 195 g/mol. The Morgan fingerprint density at radius 3 is 2.64 bits per heavy atom. The number of aryl methyl sites for hydroxylation is 1. The molecule has 0 aliphatic heterocycles. The van der Waals surface area contributed by atoms with Gasteiger partial charge in [-0.25, -0.2) is 9.97 Å². The molecule has 1 aromatic heterocycles. The Hall–Kier alpha value is -1.36. The Bertz CT molecular complexity index is 297. The first-order valence-electron chi connectivity index (χ1n) is 4.64. The first-order chi connectivity index (χ1) is 6.61. The maximum absolute atomic E-state index is 5.63. The second kappa shape index (κ2) is 4.76. The molecule has 0 bridgehead atoms. The van der Waals surface area contributed by atoms with Crippen molar-refractivity contribution < 1.29 is 0 Å². The molecule has 0 saturated carbocycles. The third-order valence-corrected chi connectivity index (χ3v) is 1.70. The third-order valence-electron chi connectivity index (χ3n) is 1.70. The van der Waals surface area contributed by atoms with E-state index in [1.807, 2.05) is 27.0 Å². The fraction of sp³-hybridized carbons (Fsp3) is 0.556. The van der Waals surface area contributed by atoms with Crippen LogP contribution in [0.1, 0.15) is 12.7 Å². The standard InChI is InChI=1S/C9H17N5/c1-6(10)5-12-9-4-8(11-3)13-7(2)14-9/h4,6H,5,10H2,1-3H3,(H2,11,12,13,14). The largest absolute Gasteiger partial charge is 0.373 e. The first kappa shape index (κ1) is 10.7. The van der Waals surface area contributed by atoms with Crippen molar-refractivity contribution in [2.24, 2.45) is 5.73 Å². The van der Waals surface area contributed by atoms with Crippen LogP contribution in [0.3, 0.4) is 0 Å². The van der Waals surface area contributed by atoms with Crippen LogP contribution >= 0.6 is 0 Å². The summed E-state index contributed by atoms with van der Waals surface area (Å²) >= 11 is 0. The number of aromatic nitrogens is 2. The van der Waals surface area contributed by atoms with Crippen LogP contribution in [0.15, 0.2) is 6.07 Å². The second-order valence-corrected chi connectivity index (χ2v) is 3.29. The molecule has 14 heavy (non-hydrogen) atoms. The van der Waals surface area contributed by atoms with E-state index in [0.717, 1.165) is 17.5 Å². The van der Waals surface area contributed by atoms with Crippen molar-refractivity contribution in [1.82, 2.24) is 9.97 Å². The molecule has 1 unspecified atom stereocenters. The van der Waals surface area contributed by atoms with Crippen LogP contribution in [-0.4, -0.2) is 29.6 Å². The van der Waals surface area contributed by atoms with Gasteiger partial charge < -0.3 is 16.4 Å². The lowest BCUT2D eigenvalue weighted by atomic mass is 10.3. The Balaban J connectivity index is 2.71. The summed E-state index contributed by atoms with van der Waals surface area (Å²) in [4.78, 5) is 8.42. The summed E-state index contributed by atoms with van der Waals surface area (Å²) in [5.41, 5.74) is 5.63. The highest BCUT2D eigenvalue weighted by Crippen LogP contribution is 2.09. The SMILES string of the molecule is CNc1cc(NCC(C)N)nc(C)n1. The molecule has 0 aliphatic carbocycles. The highest BCUT2D eigenvalue weighted by atomic mass is 15.1. The molecular formula is C9H17N5. The van der Waals surface area contributed by atoms with Gasteiger partial charge in [0.1, 0.15) is 17.5 Å². The van der Waals surface area contributed by atoms with E-state index < -0.39 is 0 Å². The van der Waals surface area contributed by atoms with E-state index in [2.05, 4.69) is 20.6 Å². The summed E-state index contributed by atoms with van der Waals surface area (Å²) in [6.45, 7) is 4.51. The molecule has 0 fully saturated rings. The number of anilines is 2. The molecule has 1 atom stereocenters. The lowest BCUT2D eigenvalue weighted by Crippen LogP contribution is -2.25. The van der Waals surface area contributed by atoms with Gasteiger partial charge in [-0.15, -0.1) is 0 Å².